The Hall–Kier alpha value is -2.71. The fourth-order valence-electron chi connectivity index (χ4n) is 3.43. The van der Waals surface area contributed by atoms with Crippen molar-refractivity contribution in [3.63, 3.8) is 0 Å². The first-order valence-corrected chi connectivity index (χ1v) is 11.6. The average Bonchev–Trinajstić information content (AvgIpc) is 2.79. The quantitative estimate of drug-likeness (QED) is 0.670. The van der Waals surface area contributed by atoms with Crippen LogP contribution < -0.4 is 10.6 Å². The number of nitrogens with one attached hydrogen (secondary N) is 2. The number of carbonyl (C=O) groups excluding carboxylic acids is 2. The first-order chi connectivity index (χ1) is 14.5. The summed E-state index contributed by atoms with van der Waals surface area (Å²) in [4.78, 5) is 24.6. The highest BCUT2D eigenvalue weighted by molar-refractivity contribution is 7.89. The molecule has 2 amide bonds. The van der Waals surface area contributed by atoms with Crippen molar-refractivity contribution in [3.8, 4) is 0 Å². The average molecular weight is 430 g/mol. The van der Waals surface area contributed by atoms with E-state index in [2.05, 4.69) is 10.6 Å². The molecule has 1 heterocycles. The minimum Gasteiger partial charge on any atom is -0.354 e. The third kappa shape index (κ3) is 5.67. The lowest BCUT2D eigenvalue weighted by atomic mass is 10.1. The van der Waals surface area contributed by atoms with Crippen molar-refractivity contribution in [2.24, 2.45) is 0 Å². The summed E-state index contributed by atoms with van der Waals surface area (Å²) in [5, 5.41) is 5.28. The summed E-state index contributed by atoms with van der Waals surface area (Å²) in [6.07, 6.45) is 3.33. The van der Waals surface area contributed by atoms with Gasteiger partial charge >= 0.3 is 0 Å². The summed E-state index contributed by atoms with van der Waals surface area (Å²) in [6.45, 7) is 1.16. The van der Waals surface area contributed by atoms with Gasteiger partial charge in [-0.1, -0.05) is 48.9 Å². The van der Waals surface area contributed by atoms with Crippen LogP contribution in [-0.2, 0) is 21.2 Å². The SMILES string of the molecule is O=C(CNC(=O)c1ccccc1S(=O)(=O)N1CCCCC1)NCCc1ccccc1. The molecule has 2 aromatic rings. The molecular weight excluding hydrogens is 402 g/mol. The van der Waals surface area contributed by atoms with Crippen LogP contribution in [0, 0.1) is 0 Å². The molecule has 1 aliphatic heterocycles. The zero-order chi connectivity index (χ0) is 21.4. The van der Waals surface area contributed by atoms with Crippen LogP contribution in [-0.4, -0.2) is 50.7 Å². The predicted molar refractivity (Wildman–Crippen MR) is 115 cm³/mol. The molecule has 160 valence electrons. The normalized spacial score (nSPS) is 14.8. The number of benzene rings is 2. The van der Waals surface area contributed by atoms with E-state index in [1.54, 1.807) is 12.1 Å². The van der Waals surface area contributed by atoms with Crippen molar-refractivity contribution in [2.75, 3.05) is 26.2 Å². The fourth-order valence-corrected chi connectivity index (χ4v) is 5.14. The molecule has 30 heavy (non-hydrogen) atoms. The Morgan fingerprint density at radius 1 is 0.867 bits per heavy atom. The van der Waals surface area contributed by atoms with Gasteiger partial charge in [0, 0.05) is 19.6 Å². The molecule has 3 rings (SSSR count). The molecule has 0 aliphatic carbocycles. The Labute approximate surface area is 177 Å². The lowest BCUT2D eigenvalue weighted by molar-refractivity contribution is -0.120. The van der Waals surface area contributed by atoms with E-state index >= 15 is 0 Å². The van der Waals surface area contributed by atoms with Crippen molar-refractivity contribution in [1.29, 1.82) is 0 Å². The first kappa shape index (κ1) is 22.0. The number of amides is 2. The third-order valence-electron chi connectivity index (χ3n) is 5.05. The van der Waals surface area contributed by atoms with Crippen molar-refractivity contribution < 1.29 is 18.0 Å². The van der Waals surface area contributed by atoms with Crippen LogP contribution in [0.5, 0.6) is 0 Å². The maximum atomic E-state index is 13.0. The van der Waals surface area contributed by atoms with Gasteiger partial charge in [0.2, 0.25) is 15.9 Å². The number of sulfonamides is 1. The smallest absolute Gasteiger partial charge is 0.253 e. The van der Waals surface area contributed by atoms with Crippen LogP contribution in [0.15, 0.2) is 59.5 Å². The summed E-state index contributed by atoms with van der Waals surface area (Å²) in [7, 11) is -3.75. The molecule has 1 aliphatic rings. The van der Waals surface area contributed by atoms with Crippen LogP contribution in [0.4, 0.5) is 0 Å². The van der Waals surface area contributed by atoms with Crippen molar-refractivity contribution in [1.82, 2.24) is 14.9 Å². The van der Waals surface area contributed by atoms with E-state index in [4.69, 9.17) is 0 Å². The van der Waals surface area contributed by atoms with E-state index in [9.17, 15) is 18.0 Å². The molecule has 8 heteroatoms. The van der Waals surface area contributed by atoms with E-state index in [1.165, 1.54) is 16.4 Å². The van der Waals surface area contributed by atoms with Gasteiger partial charge in [-0.3, -0.25) is 9.59 Å². The van der Waals surface area contributed by atoms with E-state index in [1.807, 2.05) is 30.3 Å². The summed E-state index contributed by atoms with van der Waals surface area (Å²) in [6, 6.07) is 15.9. The van der Waals surface area contributed by atoms with Crippen molar-refractivity contribution >= 4 is 21.8 Å². The monoisotopic (exact) mass is 429 g/mol. The van der Waals surface area contributed by atoms with E-state index in [0.29, 0.717) is 26.1 Å². The second kappa shape index (κ2) is 10.4. The molecule has 1 fully saturated rings. The summed E-state index contributed by atoms with van der Waals surface area (Å²) >= 11 is 0. The first-order valence-electron chi connectivity index (χ1n) is 10.2. The molecule has 0 saturated carbocycles. The maximum absolute atomic E-state index is 13.0. The molecule has 0 radical (unpaired) electrons. The minimum atomic E-state index is -3.75. The number of nitrogens with zero attached hydrogens (tertiary/aromatic N) is 1. The Bertz CT molecular complexity index is 971. The molecule has 0 spiro atoms. The zero-order valence-corrected chi connectivity index (χ0v) is 17.7. The predicted octanol–water partition coefficient (Wildman–Crippen LogP) is 1.95. The number of hydrogen-bond donors (Lipinski definition) is 2. The standard InChI is InChI=1S/C22H27N3O4S/c26-21(23-14-13-18-9-3-1-4-10-18)17-24-22(27)19-11-5-6-12-20(19)30(28,29)25-15-7-2-8-16-25/h1,3-6,9-12H,2,7-8,13-17H2,(H,23,26)(H,24,27). The van der Waals surface area contributed by atoms with E-state index < -0.39 is 15.9 Å². The maximum Gasteiger partial charge on any atom is 0.253 e. The minimum absolute atomic E-state index is 0.0196. The summed E-state index contributed by atoms with van der Waals surface area (Å²) < 4.78 is 27.4. The molecule has 0 atom stereocenters. The molecular formula is C22H27N3O4S. The number of hydrogen-bond acceptors (Lipinski definition) is 4. The van der Waals surface area contributed by atoms with Gasteiger partial charge in [0.1, 0.15) is 0 Å². The van der Waals surface area contributed by atoms with Gasteiger partial charge in [0.25, 0.3) is 5.91 Å². The second-order valence-corrected chi connectivity index (χ2v) is 9.14. The Kier molecular flexibility index (Phi) is 7.59. The Morgan fingerprint density at radius 3 is 2.27 bits per heavy atom. The topological polar surface area (TPSA) is 95.6 Å². The van der Waals surface area contributed by atoms with Crippen LogP contribution in [0.25, 0.3) is 0 Å². The highest BCUT2D eigenvalue weighted by Gasteiger charge is 2.29. The molecule has 2 N–H and O–H groups in total. The van der Waals surface area contributed by atoms with Gasteiger partial charge in [-0.25, -0.2) is 8.42 Å². The number of carbonyl (C=O) groups is 2. The number of piperidine rings is 1. The molecule has 2 aromatic carbocycles. The lowest BCUT2D eigenvalue weighted by Crippen LogP contribution is -2.39. The van der Waals surface area contributed by atoms with Crippen LogP contribution in [0.2, 0.25) is 0 Å². The van der Waals surface area contributed by atoms with Gasteiger partial charge in [-0.15, -0.1) is 0 Å². The van der Waals surface area contributed by atoms with Crippen molar-refractivity contribution in [3.05, 3.63) is 65.7 Å². The van der Waals surface area contributed by atoms with E-state index in [-0.39, 0.29) is 22.9 Å². The fraction of sp³-hybridized carbons (Fsp3) is 0.364. The van der Waals surface area contributed by atoms with Crippen LogP contribution in [0.1, 0.15) is 35.2 Å². The molecule has 7 nitrogen and oxygen atoms in total. The highest BCUT2D eigenvalue weighted by atomic mass is 32.2. The van der Waals surface area contributed by atoms with Gasteiger partial charge < -0.3 is 10.6 Å². The molecule has 1 saturated heterocycles. The molecule has 0 bridgehead atoms. The summed E-state index contributed by atoms with van der Waals surface area (Å²) in [5.41, 5.74) is 1.17. The van der Waals surface area contributed by atoms with E-state index in [0.717, 1.165) is 24.8 Å². The third-order valence-corrected chi connectivity index (χ3v) is 7.01. The Balaban J connectivity index is 1.57. The number of rotatable bonds is 8. The second-order valence-electron chi connectivity index (χ2n) is 7.23. The van der Waals surface area contributed by atoms with Crippen molar-refractivity contribution in [2.45, 2.75) is 30.6 Å². The molecule has 0 aromatic heterocycles. The summed E-state index contributed by atoms with van der Waals surface area (Å²) in [5.74, 6) is -0.903. The Morgan fingerprint density at radius 2 is 1.53 bits per heavy atom. The van der Waals surface area contributed by atoms with Gasteiger partial charge in [-0.05, 0) is 37.0 Å². The van der Waals surface area contributed by atoms with Gasteiger partial charge in [-0.2, -0.15) is 4.31 Å². The largest absolute Gasteiger partial charge is 0.354 e. The lowest BCUT2D eigenvalue weighted by Gasteiger charge is -2.26. The van der Waals surface area contributed by atoms with Crippen LogP contribution >= 0.6 is 0 Å². The molecule has 0 unspecified atom stereocenters. The van der Waals surface area contributed by atoms with Crippen LogP contribution in [0.3, 0.4) is 0 Å². The zero-order valence-electron chi connectivity index (χ0n) is 16.8. The van der Waals surface area contributed by atoms with Gasteiger partial charge in [0.05, 0.1) is 17.0 Å². The highest BCUT2D eigenvalue weighted by Crippen LogP contribution is 2.23. The van der Waals surface area contributed by atoms with Gasteiger partial charge in [0.15, 0.2) is 0 Å².